The van der Waals surface area contributed by atoms with Crippen LogP contribution in [0.5, 0.6) is 0 Å². The number of fused-ring (bicyclic) bond motifs is 1. The summed E-state index contributed by atoms with van der Waals surface area (Å²) in [5.74, 6) is -2.27. The Hall–Kier alpha value is -2.93. The molecule has 0 saturated heterocycles. The van der Waals surface area contributed by atoms with Crippen molar-refractivity contribution in [2.75, 3.05) is 0 Å². The van der Waals surface area contributed by atoms with Gasteiger partial charge in [-0.3, -0.25) is 14.3 Å². The smallest absolute Gasteiger partial charge is 0.338 e. The zero-order valence-corrected chi connectivity index (χ0v) is 12.8. The molecule has 0 aliphatic carbocycles. The number of aromatic amines is 1. The van der Waals surface area contributed by atoms with Crippen LogP contribution in [0.2, 0.25) is 5.02 Å². The Bertz CT molecular complexity index is 1090. The Morgan fingerprint density at radius 1 is 1.25 bits per heavy atom. The summed E-state index contributed by atoms with van der Waals surface area (Å²) >= 11 is 6.01. The number of aromatic nitrogens is 2. The number of rotatable bonds is 3. The van der Waals surface area contributed by atoms with Crippen molar-refractivity contribution in [2.24, 2.45) is 0 Å². The van der Waals surface area contributed by atoms with Gasteiger partial charge in [0.2, 0.25) is 0 Å². The summed E-state index contributed by atoms with van der Waals surface area (Å²) < 4.78 is 14.7. The van der Waals surface area contributed by atoms with E-state index in [0.29, 0.717) is 11.1 Å². The first kappa shape index (κ1) is 15.9. The normalized spacial score (nSPS) is 10.9. The van der Waals surface area contributed by atoms with Gasteiger partial charge in [0, 0.05) is 0 Å². The molecule has 0 radical (unpaired) electrons. The first-order chi connectivity index (χ1) is 11.4. The Morgan fingerprint density at radius 3 is 2.71 bits per heavy atom. The molecule has 3 aromatic rings. The van der Waals surface area contributed by atoms with Crippen molar-refractivity contribution in [3.05, 3.63) is 79.2 Å². The molecule has 1 aromatic heterocycles. The molecule has 6 nitrogen and oxygen atoms in total. The number of hydrogen-bond donors (Lipinski definition) is 2. The second-order valence-corrected chi connectivity index (χ2v) is 5.51. The van der Waals surface area contributed by atoms with Gasteiger partial charge in [-0.2, -0.15) is 0 Å². The highest BCUT2D eigenvalue weighted by molar-refractivity contribution is 6.35. The molecular weight excluding hydrogens is 339 g/mol. The lowest BCUT2D eigenvalue weighted by molar-refractivity contribution is 0.0691. The molecule has 0 fully saturated rings. The van der Waals surface area contributed by atoms with E-state index in [4.69, 9.17) is 16.7 Å². The van der Waals surface area contributed by atoms with Gasteiger partial charge in [0.1, 0.15) is 5.82 Å². The molecule has 0 unspecified atom stereocenters. The lowest BCUT2D eigenvalue weighted by Crippen LogP contribution is -2.30. The van der Waals surface area contributed by atoms with Crippen molar-refractivity contribution >= 4 is 28.5 Å². The highest BCUT2D eigenvalue weighted by Crippen LogP contribution is 2.19. The molecule has 0 aliphatic heterocycles. The quantitative estimate of drug-likeness (QED) is 0.759. The SMILES string of the molecule is O=C(O)c1cc(Cn2c(=O)[nH]c(=O)c3c(Cl)cccc32)ccc1F. The zero-order valence-electron chi connectivity index (χ0n) is 12.0. The average Bonchev–Trinajstić information content (AvgIpc) is 2.52. The van der Waals surface area contributed by atoms with E-state index < -0.39 is 28.6 Å². The summed E-state index contributed by atoms with van der Waals surface area (Å²) in [7, 11) is 0. The molecule has 1 heterocycles. The van der Waals surface area contributed by atoms with Crippen LogP contribution in [0.25, 0.3) is 10.9 Å². The maximum atomic E-state index is 13.5. The number of halogens is 2. The second-order valence-electron chi connectivity index (χ2n) is 5.10. The summed E-state index contributed by atoms with van der Waals surface area (Å²) in [6, 6.07) is 8.20. The standard InChI is InChI=1S/C16H10ClFN2O4/c17-10-2-1-3-12-13(10)14(21)19-16(24)20(12)7-8-4-5-11(18)9(6-8)15(22)23/h1-6H,7H2,(H,22,23)(H,19,21,24). The number of nitrogens with one attached hydrogen (secondary N) is 1. The minimum Gasteiger partial charge on any atom is -0.478 e. The number of carboxylic acid groups (broad SMARTS) is 1. The highest BCUT2D eigenvalue weighted by atomic mass is 35.5. The third-order valence-corrected chi connectivity index (χ3v) is 3.89. The molecular formula is C16H10ClFN2O4. The minimum atomic E-state index is -1.41. The second kappa shape index (κ2) is 5.93. The molecule has 122 valence electrons. The lowest BCUT2D eigenvalue weighted by Gasteiger charge is -2.11. The molecule has 2 N–H and O–H groups in total. The fourth-order valence-electron chi connectivity index (χ4n) is 2.47. The van der Waals surface area contributed by atoms with Gasteiger partial charge in [-0.1, -0.05) is 23.7 Å². The van der Waals surface area contributed by atoms with Gasteiger partial charge in [0.05, 0.1) is 28.0 Å². The van der Waals surface area contributed by atoms with Crippen molar-refractivity contribution in [1.29, 1.82) is 0 Å². The van der Waals surface area contributed by atoms with Crippen LogP contribution in [0.1, 0.15) is 15.9 Å². The molecule has 0 atom stereocenters. The van der Waals surface area contributed by atoms with Gasteiger partial charge >= 0.3 is 11.7 Å². The maximum absolute atomic E-state index is 13.5. The minimum absolute atomic E-state index is 0.0486. The first-order valence-corrected chi connectivity index (χ1v) is 7.19. The van der Waals surface area contributed by atoms with Crippen molar-refractivity contribution in [3.8, 4) is 0 Å². The van der Waals surface area contributed by atoms with Crippen LogP contribution in [-0.4, -0.2) is 20.6 Å². The number of H-pyrrole nitrogens is 1. The molecule has 24 heavy (non-hydrogen) atoms. The van der Waals surface area contributed by atoms with Gasteiger partial charge in [-0.25, -0.2) is 14.0 Å². The molecule has 0 saturated carbocycles. The van der Waals surface area contributed by atoms with E-state index in [1.807, 2.05) is 0 Å². The number of carboxylic acids is 1. The zero-order chi connectivity index (χ0) is 17.4. The van der Waals surface area contributed by atoms with E-state index in [0.717, 1.165) is 12.1 Å². The molecule has 3 rings (SSSR count). The van der Waals surface area contributed by atoms with Gasteiger partial charge in [-0.05, 0) is 29.8 Å². The summed E-state index contributed by atoms with van der Waals surface area (Å²) in [5, 5.41) is 9.32. The van der Waals surface area contributed by atoms with Crippen LogP contribution in [0.15, 0.2) is 46.0 Å². The van der Waals surface area contributed by atoms with Crippen LogP contribution in [0.3, 0.4) is 0 Å². The predicted octanol–water partition coefficient (Wildman–Crippen LogP) is 2.23. The van der Waals surface area contributed by atoms with Crippen LogP contribution < -0.4 is 11.2 Å². The monoisotopic (exact) mass is 348 g/mol. The number of benzene rings is 2. The van der Waals surface area contributed by atoms with Crippen LogP contribution in [0.4, 0.5) is 4.39 Å². The summed E-state index contributed by atoms with van der Waals surface area (Å²) in [6.45, 7) is -0.0486. The molecule has 0 spiro atoms. The van der Waals surface area contributed by atoms with Gasteiger partial charge in [0.15, 0.2) is 0 Å². The fraction of sp³-hybridized carbons (Fsp3) is 0.0625. The number of hydrogen-bond acceptors (Lipinski definition) is 3. The van der Waals surface area contributed by atoms with E-state index in [1.165, 1.54) is 16.7 Å². The van der Waals surface area contributed by atoms with Gasteiger partial charge in [0.25, 0.3) is 5.56 Å². The summed E-state index contributed by atoms with van der Waals surface area (Å²) in [4.78, 5) is 37.3. The van der Waals surface area contributed by atoms with Crippen LogP contribution in [-0.2, 0) is 6.54 Å². The van der Waals surface area contributed by atoms with E-state index >= 15 is 0 Å². The Labute approximate surface area is 138 Å². The molecule has 0 aliphatic rings. The summed E-state index contributed by atoms with van der Waals surface area (Å²) in [6.07, 6.45) is 0. The van der Waals surface area contributed by atoms with Crippen molar-refractivity contribution in [1.82, 2.24) is 9.55 Å². The first-order valence-electron chi connectivity index (χ1n) is 6.81. The van der Waals surface area contributed by atoms with Crippen molar-refractivity contribution < 1.29 is 14.3 Å². The molecule has 8 heteroatoms. The third-order valence-electron chi connectivity index (χ3n) is 3.58. The molecule has 0 bridgehead atoms. The van der Waals surface area contributed by atoms with Gasteiger partial charge in [-0.15, -0.1) is 0 Å². The topological polar surface area (TPSA) is 92.2 Å². The highest BCUT2D eigenvalue weighted by Gasteiger charge is 2.14. The van der Waals surface area contributed by atoms with E-state index in [1.54, 1.807) is 12.1 Å². The molecule has 0 amide bonds. The Kier molecular flexibility index (Phi) is 3.94. The Morgan fingerprint density at radius 2 is 2.00 bits per heavy atom. The van der Waals surface area contributed by atoms with Crippen molar-refractivity contribution in [2.45, 2.75) is 6.54 Å². The third kappa shape index (κ3) is 2.69. The molecule has 2 aromatic carbocycles. The average molecular weight is 349 g/mol. The van der Waals surface area contributed by atoms with E-state index in [9.17, 15) is 18.8 Å². The van der Waals surface area contributed by atoms with Crippen molar-refractivity contribution in [3.63, 3.8) is 0 Å². The van der Waals surface area contributed by atoms with E-state index in [-0.39, 0.29) is 17.0 Å². The predicted molar refractivity (Wildman–Crippen MR) is 86.3 cm³/mol. The van der Waals surface area contributed by atoms with Gasteiger partial charge < -0.3 is 5.11 Å². The van der Waals surface area contributed by atoms with Crippen LogP contribution >= 0.6 is 11.6 Å². The van der Waals surface area contributed by atoms with E-state index in [2.05, 4.69) is 4.98 Å². The fourth-order valence-corrected chi connectivity index (χ4v) is 2.73. The maximum Gasteiger partial charge on any atom is 0.338 e. The number of aromatic carboxylic acids is 1. The lowest BCUT2D eigenvalue weighted by atomic mass is 10.1. The number of carbonyl (C=O) groups is 1. The Balaban J connectivity index is 2.20. The summed E-state index contributed by atoms with van der Waals surface area (Å²) in [5.41, 5.74) is -1.08. The van der Waals surface area contributed by atoms with Crippen LogP contribution in [0, 0.1) is 5.82 Å². The number of nitrogens with zero attached hydrogens (tertiary/aromatic N) is 1. The largest absolute Gasteiger partial charge is 0.478 e.